The van der Waals surface area contributed by atoms with E-state index in [0.717, 1.165) is 26.1 Å². The van der Waals surface area contributed by atoms with Gasteiger partial charge in [-0.1, -0.05) is 30.3 Å². The molecule has 5 heteroatoms. The van der Waals surface area contributed by atoms with Gasteiger partial charge in [-0.3, -0.25) is 10.00 Å². The first-order chi connectivity index (χ1) is 11.9. The summed E-state index contributed by atoms with van der Waals surface area (Å²) in [5.41, 5.74) is 4.94. The van der Waals surface area contributed by atoms with Crippen LogP contribution >= 0.6 is 0 Å². The maximum absolute atomic E-state index is 4.58. The van der Waals surface area contributed by atoms with Gasteiger partial charge in [-0.25, -0.2) is 4.98 Å². The lowest BCUT2D eigenvalue weighted by Gasteiger charge is -2.30. The van der Waals surface area contributed by atoms with E-state index in [4.69, 9.17) is 0 Å². The number of aromatic amines is 2. The number of hydrogen-bond acceptors (Lipinski definition) is 3. The van der Waals surface area contributed by atoms with Crippen molar-refractivity contribution < 1.29 is 0 Å². The van der Waals surface area contributed by atoms with E-state index in [1.165, 1.54) is 35.5 Å². The zero-order chi connectivity index (χ0) is 16.2. The van der Waals surface area contributed by atoms with E-state index in [2.05, 4.69) is 61.5 Å². The largest absolute Gasteiger partial charge is 0.347 e. The SMILES string of the molecule is c1ccc(Cc2cc(C3CCN(Cc4cnc[nH]4)CC3)n[nH]2)cc1. The summed E-state index contributed by atoms with van der Waals surface area (Å²) in [6.45, 7) is 3.20. The van der Waals surface area contributed by atoms with E-state index in [0.29, 0.717) is 5.92 Å². The number of hydrogen-bond donors (Lipinski definition) is 2. The number of likely N-dealkylation sites (tertiary alicyclic amines) is 1. The second kappa shape index (κ2) is 7.01. The third-order valence-electron chi connectivity index (χ3n) is 4.84. The minimum absolute atomic E-state index is 0.573. The molecular formula is C19H23N5. The van der Waals surface area contributed by atoms with Crippen molar-refractivity contribution in [1.29, 1.82) is 0 Å². The van der Waals surface area contributed by atoms with E-state index in [-0.39, 0.29) is 0 Å². The Kier molecular flexibility index (Phi) is 4.42. The molecule has 2 N–H and O–H groups in total. The molecule has 4 rings (SSSR count). The fraction of sp³-hybridized carbons (Fsp3) is 0.368. The number of imidazole rings is 1. The molecule has 0 spiro atoms. The monoisotopic (exact) mass is 321 g/mol. The van der Waals surface area contributed by atoms with Crippen LogP contribution in [0.1, 0.15) is 41.4 Å². The van der Waals surface area contributed by atoms with Gasteiger partial charge in [0.1, 0.15) is 0 Å². The number of H-pyrrole nitrogens is 2. The van der Waals surface area contributed by atoms with E-state index < -0.39 is 0 Å². The molecule has 5 nitrogen and oxygen atoms in total. The normalized spacial score (nSPS) is 16.5. The minimum Gasteiger partial charge on any atom is -0.347 e. The number of nitrogens with zero attached hydrogens (tertiary/aromatic N) is 3. The first kappa shape index (κ1) is 15.1. The van der Waals surface area contributed by atoms with Gasteiger partial charge in [-0.15, -0.1) is 0 Å². The van der Waals surface area contributed by atoms with Crippen molar-refractivity contribution in [2.45, 2.75) is 31.7 Å². The van der Waals surface area contributed by atoms with Gasteiger partial charge in [0.15, 0.2) is 0 Å². The lowest BCUT2D eigenvalue weighted by atomic mass is 9.93. The number of piperidine rings is 1. The van der Waals surface area contributed by atoms with Gasteiger partial charge in [-0.2, -0.15) is 5.10 Å². The molecular weight excluding hydrogens is 298 g/mol. The van der Waals surface area contributed by atoms with Crippen LogP contribution in [0.2, 0.25) is 0 Å². The summed E-state index contributed by atoms with van der Waals surface area (Å²) in [6, 6.07) is 12.8. The molecule has 0 saturated carbocycles. The lowest BCUT2D eigenvalue weighted by molar-refractivity contribution is 0.201. The first-order valence-corrected chi connectivity index (χ1v) is 8.64. The third kappa shape index (κ3) is 3.57. The van der Waals surface area contributed by atoms with Crippen molar-refractivity contribution in [3.63, 3.8) is 0 Å². The summed E-state index contributed by atoms with van der Waals surface area (Å²) < 4.78 is 0. The standard InChI is InChI=1S/C19H23N5/c1-2-4-15(5-3-1)10-17-11-19(23-22-17)16-6-8-24(9-7-16)13-18-12-20-14-21-18/h1-5,11-12,14,16H,6-10,13H2,(H,20,21)(H,22,23). The highest BCUT2D eigenvalue weighted by atomic mass is 15.2. The Balaban J connectivity index is 1.33. The highest BCUT2D eigenvalue weighted by molar-refractivity contribution is 5.23. The van der Waals surface area contributed by atoms with Crippen LogP contribution in [0.5, 0.6) is 0 Å². The van der Waals surface area contributed by atoms with Crippen molar-refractivity contribution in [3.05, 3.63) is 71.6 Å². The van der Waals surface area contributed by atoms with Gasteiger partial charge >= 0.3 is 0 Å². The summed E-state index contributed by atoms with van der Waals surface area (Å²) >= 11 is 0. The molecule has 3 aromatic rings. The number of rotatable bonds is 5. The predicted molar refractivity (Wildman–Crippen MR) is 93.7 cm³/mol. The molecule has 124 valence electrons. The van der Waals surface area contributed by atoms with E-state index in [1.807, 2.05) is 6.20 Å². The van der Waals surface area contributed by atoms with Crippen LogP contribution in [-0.4, -0.2) is 38.2 Å². The zero-order valence-electron chi connectivity index (χ0n) is 13.8. The van der Waals surface area contributed by atoms with Gasteiger partial charge in [0.25, 0.3) is 0 Å². The molecule has 2 aromatic heterocycles. The maximum atomic E-state index is 4.58. The Hall–Kier alpha value is -2.40. The fourth-order valence-electron chi connectivity index (χ4n) is 3.49. The van der Waals surface area contributed by atoms with Crippen LogP contribution in [0.3, 0.4) is 0 Å². The summed E-state index contributed by atoms with van der Waals surface area (Å²) in [4.78, 5) is 9.76. The van der Waals surface area contributed by atoms with E-state index in [1.54, 1.807) is 6.33 Å². The Morgan fingerprint density at radius 1 is 1.08 bits per heavy atom. The zero-order valence-corrected chi connectivity index (χ0v) is 13.8. The Bertz CT molecular complexity index is 739. The Morgan fingerprint density at radius 3 is 2.67 bits per heavy atom. The molecule has 0 amide bonds. The molecule has 1 aliphatic rings. The first-order valence-electron chi connectivity index (χ1n) is 8.64. The van der Waals surface area contributed by atoms with Crippen LogP contribution in [-0.2, 0) is 13.0 Å². The fourth-order valence-corrected chi connectivity index (χ4v) is 3.49. The average Bonchev–Trinajstić information content (AvgIpc) is 3.29. The van der Waals surface area contributed by atoms with Crippen molar-refractivity contribution in [2.75, 3.05) is 13.1 Å². The van der Waals surface area contributed by atoms with Crippen LogP contribution in [0, 0.1) is 0 Å². The van der Waals surface area contributed by atoms with Crippen LogP contribution in [0.4, 0.5) is 0 Å². The van der Waals surface area contributed by atoms with Crippen molar-refractivity contribution >= 4 is 0 Å². The Morgan fingerprint density at radius 2 is 1.92 bits per heavy atom. The Labute approximate surface area is 142 Å². The maximum Gasteiger partial charge on any atom is 0.0922 e. The second-order valence-electron chi connectivity index (χ2n) is 6.61. The van der Waals surface area contributed by atoms with Crippen LogP contribution in [0.25, 0.3) is 0 Å². The van der Waals surface area contributed by atoms with Gasteiger partial charge < -0.3 is 4.98 Å². The summed E-state index contributed by atoms with van der Waals surface area (Å²) in [6.07, 6.45) is 6.93. The molecule has 3 heterocycles. The van der Waals surface area contributed by atoms with E-state index in [9.17, 15) is 0 Å². The molecule has 0 bridgehead atoms. The summed E-state index contributed by atoms with van der Waals surface area (Å²) in [7, 11) is 0. The molecule has 0 radical (unpaired) electrons. The van der Waals surface area contributed by atoms with Gasteiger partial charge in [0.2, 0.25) is 0 Å². The van der Waals surface area contributed by atoms with Crippen molar-refractivity contribution in [2.24, 2.45) is 0 Å². The number of aromatic nitrogens is 4. The highest BCUT2D eigenvalue weighted by Crippen LogP contribution is 2.28. The predicted octanol–water partition coefficient (Wildman–Crippen LogP) is 3.10. The highest BCUT2D eigenvalue weighted by Gasteiger charge is 2.22. The molecule has 0 unspecified atom stereocenters. The molecule has 1 aliphatic heterocycles. The van der Waals surface area contributed by atoms with Crippen molar-refractivity contribution in [3.8, 4) is 0 Å². The second-order valence-corrected chi connectivity index (χ2v) is 6.61. The minimum atomic E-state index is 0.573. The average molecular weight is 321 g/mol. The van der Waals surface area contributed by atoms with Crippen LogP contribution in [0.15, 0.2) is 48.9 Å². The summed E-state index contributed by atoms with van der Waals surface area (Å²) in [5.74, 6) is 0.573. The molecule has 1 fully saturated rings. The van der Waals surface area contributed by atoms with Crippen LogP contribution < -0.4 is 0 Å². The third-order valence-corrected chi connectivity index (χ3v) is 4.84. The summed E-state index contributed by atoms with van der Waals surface area (Å²) in [5, 5.41) is 7.80. The van der Waals surface area contributed by atoms with Crippen molar-refractivity contribution in [1.82, 2.24) is 25.1 Å². The molecule has 0 aliphatic carbocycles. The number of benzene rings is 1. The van der Waals surface area contributed by atoms with Gasteiger partial charge in [0, 0.05) is 36.5 Å². The topological polar surface area (TPSA) is 60.6 Å². The molecule has 1 aromatic carbocycles. The van der Waals surface area contributed by atoms with Gasteiger partial charge in [-0.05, 0) is 37.6 Å². The molecule has 1 saturated heterocycles. The lowest BCUT2D eigenvalue weighted by Crippen LogP contribution is -2.32. The quantitative estimate of drug-likeness (QED) is 0.759. The van der Waals surface area contributed by atoms with E-state index >= 15 is 0 Å². The molecule has 0 atom stereocenters. The van der Waals surface area contributed by atoms with Gasteiger partial charge in [0.05, 0.1) is 12.0 Å². The molecule has 24 heavy (non-hydrogen) atoms. The number of nitrogens with one attached hydrogen (secondary N) is 2. The smallest absolute Gasteiger partial charge is 0.0922 e.